The molecule has 0 aliphatic rings. The van der Waals surface area contributed by atoms with E-state index in [9.17, 15) is 0 Å². The summed E-state index contributed by atoms with van der Waals surface area (Å²) < 4.78 is 9.50. The first-order valence-corrected chi connectivity index (χ1v) is 20.1. The van der Waals surface area contributed by atoms with Crippen molar-refractivity contribution in [1.29, 1.82) is 0 Å². The van der Waals surface area contributed by atoms with Gasteiger partial charge in [0.2, 0.25) is 0 Å². The Labute approximate surface area is 335 Å². The number of thiophene rings is 1. The van der Waals surface area contributed by atoms with Crippen molar-refractivity contribution in [3.8, 4) is 44.5 Å². The quantitative estimate of drug-likeness (QED) is 0.162. The van der Waals surface area contributed by atoms with Crippen LogP contribution in [0.25, 0.3) is 86.6 Å². The third-order valence-electron chi connectivity index (χ3n) is 11.1. The molecule has 9 aromatic carbocycles. The molecule has 11 rings (SSSR count). The highest BCUT2D eigenvalue weighted by molar-refractivity contribution is 7.26. The first-order valence-electron chi connectivity index (χ1n) is 19.3. The van der Waals surface area contributed by atoms with Gasteiger partial charge < -0.3 is 9.32 Å². The molecule has 57 heavy (non-hydrogen) atoms. The van der Waals surface area contributed by atoms with E-state index in [1.807, 2.05) is 11.3 Å². The van der Waals surface area contributed by atoms with Crippen LogP contribution in [0.15, 0.2) is 217 Å². The van der Waals surface area contributed by atoms with Gasteiger partial charge >= 0.3 is 0 Å². The Bertz CT molecular complexity index is 3220. The summed E-state index contributed by atoms with van der Waals surface area (Å²) in [5.41, 5.74) is 14.4. The lowest BCUT2D eigenvalue weighted by molar-refractivity contribution is 0.669. The lowest BCUT2D eigenvalue weighted by Crippen LogP contribution is -2.11. The minimum absolute atomic E-state index is 0.856. The van der Waals surface area contributed by atoms with Gasteiger partial charge in [0.1, 0.15) is 5.58 Å². The molecule has 3 heteroatoms. The molecule has 0 saturated heterocycles. The molecule has 0 fully saturated rings. The van der Waals surface area contributed by atoms with Crippen molar-refractivity contribution < 1.29 is 4.42 Å². The Hall–Kier alpha value is -7.20. The minimum atomic E-state index is 0.856. The van der Waals surface area contributed by atoms with Gasteiger partial charge in [-0.3, -0.25) is 0 Å². The van der Waals surface area contributed by atoms with Crippen molar-refractivity contribution >= 4 is 70.5 Å². The number of rotatable bonds is 7. The second-order valence-electron chi connectivity index (χ2n) is 14.5. The molecular formula is C54H35NOS. The monoisotopic (exact) mass is 745 g/mol. The number of fused-ring (bicyclic) bond motifs is 6. The van der Waals surface area contributed by atoms with Gasteiger partial charge in [-0.15, -0.1) is 11.3 Å². The van der Waals surface area contributed by atoms with E-state index in [-0.39, 0.29) is 0 Å². The summed E-state index contributed by atoms with van der Waals surface area (Å²) in [6.45, 7) is 0. The highest BCUT2D eigenvalue weighted by Gasteiger charge is 2.25. The van der Waals surface area contributed by atoms with Gasteiger partial charge in [-0.2, -0.15) is 0 Å². The Balaban J connectivity index is 1.20. The average molecular weight is 746 g/mol. The molecule has 2 nitrogen and oxygen atoms in total. The average Bonchev–Trinajstić information content (AvgIpc) is 3.87. The fourth-order valence-electron chi connectivity index (χ4n) is 8.34. The topological polar surface area (TPSA) is 16.4 Å². The Morgan fingerprint density at radius 1 is 0.368 bits per heavy atom. The van der Waals surface area contributed by atoms with Crippen molar-refractivity contribution in [2.45, 2.75) is 0 Å². The molecule has 2 heterocycles. The normalized spacial score (nSPS) is 11.5. The van der Waals surface area contributed by atoms with Gasteiger partial charge in [-0.1, -0.05) is 170 Å². The summed E-state index contributed by atoms with van der Waals surface area (Å²) in [7, 11) is 0. The number of benzene rings is 9. The summed E-state index contributed by atoms with van der Waals surface area (Å²) in [5.74, 6) is 0. The van der Waals surface area contributed by atoms with E-state index >= 15 is 0 Å². The van der Waals surface area contributed by atoms with E-state index in [4.69, 9.17) is 4.42 Å². The maximum atomic E-state index is 6.98. The van der Waals surface area contributed by atoms with Crippen LogP contribution in [0.2, 0.25) is 0 Å². The second-order valence-corrected chi connectivity index (χ2v) is 15.5. The summed E-state index contributed by atoms with van der Waals surface area (Å²) in [4.78, 5) is 2.42. The van der Waals surface area contributed by atoms with Gasteiger partial charge in [-0.05, 0) is 87.0 Å². The van der Waals surface area contributed by atoms with E-state index in [2.05, 4.69) is 217 Å². The molecule has 0 bridgehead atoms. The van der Waals surface area contributed by atoms with Gasteiger partial charge in [0.15, 0.2) is 5.58 Å². The molecule has 268 valence electrons. The molecule has 0 amide bonds. The Morgan fingerprint density at radius 2 is 0.930 bits per heavy atom. The third kappa shape index (κ3) is 5.80. The summed E-state index contributed by atoms with van der Waals surface area (Å²) >= 11 is 1.87. The molecule has 0 unspecified atom stereocenters. The van der Waals surface area contributed by atoms with Crippen LogP contribution >= 0.6 is 11.3 Å². The van der Waals surface area contributed by atoms with E-state index in [0.717, 1.165) is 50.1 Å². The van der Waals surface area contributed by atoms with Crippen LogP contribution in [-0.4, -0.2) is 0 Å². The van der Waals surface area contributed by atoms with E-state index in [0.29, 0.717) is 0 Å². The number of anilines is 3. The molecule has 0 saturated carbocycles. The molecule has 0 spiro atoms. The lowest BCUT2D eigenvalue weighted by Gasteiger charge is -2.27. The predicted molar refractivity (Wildman–Crippen MR) is 243 cm³/mol. The van der Waals surface area contributed by atoms with Gasteiger partial charge in [-0.25, -0.2) is 0 Å². The van der Waals surface area contributed by atoms with Crippen molar-refractivity contribution in [1.82, 2.24) is 0 Å². The second kappa shape index (κ2) is 13.8. The van der Waals surface area contributed by atoms with Crippen LogP contribution in [0.1, 0.15) is 0 Å². The highest BCUT2D eigenvalue weighted by Crippen LogP contribution is 2.51. The SMILES string of the molecule is c1ccc(-c2cccc(N(c3cccc4c3oc3cc(-c5ccccc5)ccc34)c3ccc(-c4ccccc4)c4sc5cc(-c6ccccc6)ccc5c34)c2)cc1. The van der Waals surface area contributed by atoms with Gasteiger partial charge in [0, 0.05) is 36.6 Å². The Kier molecular flexibility index (Phi) is 8.04. The zero-order valence-corrected chi connectivity index (χ0v) is 31.8. The van der Waals surface area contributed by atoms with E-state index in [1.165, 1.54) is 53.6 Å². The van der Waals surface area contributed by atoms with Crippen LogP contribution in [0.5, 0.6) is 0 Å². The molecule has 0 aliphatic carbocycles. The van der Waals surface area contributed by atoms with Crippen LogP contribution in [0, 0.1) is 0 Å². The number of furan rings is 1. The summed E-state index contributed by atoms with van der Waals surface area (Å²) in [5, 5.41) is 4.64. The molecule has 2 aromatic heterocycles. The fourth-order valence-corrected chi connectivity index (χ4v) is 9.63. The smallest absolute Gasteiger partial charge is 0.159 e. The van der Waals surface area contributed by atoms with Crippen LogP contribution in [0.4, 0.5) is 17.1 Å². The van der Waals surface area contributed by atoms with E-state index in [1.54, 1.807) is 0 Å². The van der Waals surface area contributed by atoms with Crippen molar-refractivity contribution in [2.24, 2.45) is 0 Å². The first kappa shape index (κ1) is 33.2. The third-order valence-corrected chi connectivity index (χ3v) is 12.3. The molecule has 0 N–H and O–H groups in total. The van der Waals surface area contributed by atoms with Crippen LogP contribution in [0.3, 0.4) is 0 Å². The molecule has 0 radical (unpaired) electrons. The summed E-state index contributed by atoms with van der Waals surface area (Å²) in [6, 6.07) is 76.2. The van der Waals surface area contributed by atoms with Crippen molar-refractivity contribution in [3.63, 3.8) is 0 Å². The predicted octanol–water partition coefficient (Wildman–Crippen LogP) is 16.1. The zero-order chi connectivity index (χ0) is 37.7. The number of hydrogen-bond donors (Lipinski definition) is 0. The standard InChI is InChI=1S/C54H35NOS/c1-5-15-36(16-6-1)40-23-13-24-43(33-40)55(49-26-14-25-46-45-29-27-41(34-50(45)56-53(46)49)37-17-7-2-8-18-37)48-32-31-44(39-21-11-4-12-22-39)54-52(48)47-30-28-42(35-51(47)57-54)38-19-9-3-10-20-38/h1-35H. The largest absolute Gasteiger partial charge is 0.454 e. The number of nitrogens with zero attached hydrogens (tertiary/aromatic N) is 1. The molecule has 11 aromatic rings. The number of para-hydroxylation sites is 1. The van der Waals surface area contributed by atoms with Crippen LogP contribution in [-0.2, 0) is 0 Å². The van der Waals surface area contributed by atoms with Crippen molar-refractivity contribution in [3.05, 3.63) is 212 Å². The van der Waals surface area contributed by atoms with Crippen LogP contribution < -0.4 is 4.90 Å². The Morgan fingerprint density at radius 3 is 1.60 bits per heavy atom. The fraction of sp³-hybridized carbons (Fsp3) is 0. The zero-order valence-electron chi connectivity index (χ0n) is 31.0. The minimum Gasteiger partial charge on any atom is -0.454 e. The molecule has 0 aliphatic heterocycles. The van der Waals surface area contributed by atoms with Crippen molar-refractivity contribution in [2.75, 3.05) is 4.90 Å². The summed E-state index contributed by atoms with van der Waals surface area (Å²) in [6.07, 6.45) is 0. The maximum absolute atomic E-state index is 6.98. The maximum Gasteiger partial charge on any atom is 0.159 e. The highest BCUT2D eigenvalue weighted by atomic mass is 32.1. The van der Waals surface area contributed by atoms with Gasteiger partial charge in [0.05, 0.1) is 11.4 Å². The van der Waals surface area contributed by atoms with E-state index < -0.39 is 0 Å². The molecular weight excluding hydrogens is 711 g/mol. The number of hydrogen-bond acceptors (Lipinski definition) is 3. The van der Waals surface area contributed by atoms with Gasteiger partial charge in [0.25, 0.3) is 0 Å². The first-order chi connectivity index (χ1) is 28.3. The lowest BCUT2D eigenvalue weighted by atomic mass is 9.98. The molecule has 0 atom stereocenters.